The van der Waals surface area contributed by atoms with E-state index in [0.717, 1.165) is 4.88 Å². The Morgan fingerprint density at radius 2 is 2.03 bits per heavy atom. The van der Waals surface area contributed by atoms with Gasteiger partial charge in [0.05, 0.1) is 23.3 Å². The molecule has 4 N–H and O–H groups in total. The number of unbranched alkanes of at least 4 members (excludes halogenated alkanes) is 1. The van der Waals surface area contributed by atoms with Gasteiger partial charge in [0.25, 0.3) is 0 Å². The average molecular weight is 463 g/mol. The monoisotopic (exact) mass is 462 g/mol. The normalized spacial score (nSPS) is 26.0. The topological polar surface area (TPSA) is 98.0 Å². The van der Waals surface area contributed by atoms with Crippen LogP contribution in [0.1, 0.15) is 43.4 Å². The van der Waals surface area contributed by atoms with E-state index in [1.54, 1.807) is 12.1 Å². The van der Waals surface area contributed by atoms with Crippen molar-refractivity contribution in [2.45, 2.75) is 63.3 Å². The second-order valence-corrected chi connectivity index (χ2v) is 9.58. The van der Waals surface area contributed by atoms with Crippen LogP contribution >= 0.6 is 34.5 Å². The number of aliphatic hydroxyl groups excluding tert-OH is 3. The molecule has 0 amide bonds. The van der Waals surface area contributed by atoms with E-state index in [4.69, 9.17) is 28.3 Å². The summed E-state index contributed by atoms with van der Waals surface area (Å²) in [5.41, 5.74) is 0. The minimum Gasteiger partial charge on any atom is -0.481 e. The molecule has 0 spiro atoms. The Bertz CT molecular complexity index is 698. The van der Waals surface area contributed by atoms with Gasteiger partial charge in [-0.25, -0.2) is 0 Å². The molecule has 1 aliphatic carbocycles. The van der Waals surface area contributed by atoms with Crippen molar-refractivity contribution in [2.75, 3.05) is 0 Å². The fourth-order valence-electron chi connectivity index (χ4n) is 3.61. The summed E-state index contributed by atoms with van der Waals surface area (Å²) < 4.78 is 0.550. The summed E-state index contributed by atoms with van der Waals surface area (Å²) in [5.74, 6) is -1.16. The van der Waals surface area contributed by atoms with Crippen molar-refractivity contribution in [1.29, 1.82) is 0 Å². The maximum atomic E-state index is 10.5. The minimum atomic E-state index is -0.804. The molecule has 8 heteroatoms. The van der Waals surface area contributed by atoms with Gasteiger partial charge in [0, 0.05) is 23.6 Å². The third-order valence-electron chi connectivity index (χ3n) is 5.19. The van der Waals surface area contributed by atoms with Gasteiger partial charge in [0.2, 0.25) is 0 Å². The summed E-state index contributed by atoms with van der Waals surface area (Å²) in [6, 6.07) is 1.81. The van der Waals surface area contributed by atoms with Gasteiger partial charge in [0.15, 0.2) is 0 Å². The van der Waals surface area contributed by atoms with Crippen molar-refractivity contribution in [2.24, 2.45) is 11.8 Å². The molecule has 5 atom stereocenters. The third kappa shape index (κ3) is 8.04. The molecule has 1 aliphatic rings. The van der Waals surface area contributed by atoms with Crippen LogP contribution in [0, 0.1) is 11.8 Å². The molecule has 2 rings (SSSR count). The van der Waals surface area contributed by atoms with Crippen molar-refractivity contribution >= 4 is 40.5 Å². The molecule has 0 saturated heterocycles. The van der Waals surface area contributed by atoms with Gasteiger partial charge in [0.1, 0.15) is 4.34 Å². The van der Waals surface area contributed by atoms with Crippen LogP contribution in [0.5, 0.6) is 0 Å². The predicted molar refractivity (Wildman–Crippen MR) is 117 cm³/mol. The molecule has 1 aromatic rings. The zero-order valence-electron chi connectivity index (χ0n) is 16.1. The number of thiophene rings is 1. The summed E-state index contributed by atoms with van der Waals surface area (Å²) in [4.78, 5) is 11.5. The summed E-state index contributed by atoms with van der Waals surface area (Å²) >= 11 is 13.3. The zero-order valence-corrected chi connectivity index (χ0v) is 18.4. The van der Waals surface area contributed by atoms with Crippen molar-refractivity contribution in [3.8, 4) is 0 Å². The van der Waals surface area contributed by atoms with Gasteiger partial charge >= 0.3 is 5.97 Å². The average Bonchev–Trinajstić information content (AvgIpc) is 3.11. The van der Waals surface area contributed by atoms with Gasteiger partial charge in [-0.1, -0.05) is 47.5 Å². The number of allylic oxidation sites excluding steroid dienone is 2. The second kappa shape index (κ2) is 12.1. The molecule has 1 fully saturated rings. The summed E-state index contributed by atoms with van der Waals surface area (Å²) in [6.07, 6.45) is 8.93. The molecule has 29 heavy (non-hydrogen) atoms. The highest BCUT2D eigenvalue weighted by Crippen LogP contribution is 2.36. The van der Waals surface area contributed by atoms with E-state index in [1.807, 2.05) is 18.2 Å². The quantitative estimate of drug-likeness (QED) is 0.287. The molecule has 1 saturated carbocycles. The lowest BCUT2D eigenvalue weighted by Gasteiger charge is -2.19. The predicted octanol–water partition coefficient (Wildman–Crippen LogP) is 4.46. The molecule has 1 aromatic heterocycles. The van der Waals surface area contributed by atoms with Crippen molar-refractivity contribution in [3.05, 3.63) is 44.6 Å². The van der Waals surface area contributed by atoms with Crippen molar-refractivity contribution in [3.63, 3.8) is 0 Å². The van der Waals surface area contributed by atoms with E-state index >= 15 is 0 Å². The molecule has 0 aliphatic heterocycles. The van der Waals surface area contributed by atoms with E-state index in [1.165, 1.54) is 11.3 Å². The first-order valence-corrected chi connectivity index (χ1v) is 11.4. The van der Waals surface area contributed by atoms with Crippen LogP contribution in [0.4, 0.5) is 0 Å². The van der Waals surface area contributed by atoms with Crippen molar-refractivity contribution in [1.82, 2.24) is 0 Å². The van der Waals surface area contributed by atoms with Gasteiger partial charge in [-0.05, 0) is 44.1 Å². The number of halogens is 2. The summed E-state index contributed by atoms with van der Waals surface area (Å²) in [7, 11) is 0. The summed E-state index contributed by atoms with van der Waals surface area (Å²) in [6.45, 7) is 0. The van der Waals surface area contributed by atoms with Crippen LogP contribution in [0.3, 0.4) is 0 Å². The zero-order chi connectivity index (χ0) is 21.4. The molecule has 5 nitrogen and oxygen atoms in total. The van der Waals surface area contributed by atoms with E-state index < -0.39 is 24.3 Å². The van der Waals surface area contributed by atoms with E-state index in [2.05, 4.69) is 0 Å². The highest BCUT2D eigenvalue weighted by atomic mass is 35.5. The molecule has 3 unspecified atom stereocenters. The minimum absolute atomic E-state index is 0.126. The fraction of sp³-hybridized carbons (Fsp3) is 0.571. The fourth-order valence-corrected chi connectivity index (χ4v) is 5.05. The highest BCUT2D eigenvalue weighted by Gasteiger charge is 2.39. The number of carboxylic acids is 1. The number of hydrogen-bond donors (Lipinski definition) is 4. The van der Waals surface area contributed by atoms with E-state index in [-0.39, 0.29) is 18.3 Å². The Balaban J connectivity index is 1.83. The molecule has 1 heterocycles. The SMILES string of the molecule is O=C(O)CCC/C=C\C[C@H]1C(O)CC(O)[C@@H]1/C=C/C(O)CCc1cc(Cl)c(Cl)s1. The lowest BCUT2D eigenvalue weighted by molar-refractivity contribution is -0.137. The number of hydrogen-bond acceptors (Lipinski definition) is 5. The van der Waals surface area contributed by atoms with Crippen LogP contribution in [0.15, 0.2) is 30.4 Å². The Hall–Kier alpha value is -0.890. The first kappa shape index (κ1) is 24.4. The van der Waals surface area contributed by atoms with E-state index in [9.17, 15) is 20.1 Å². The first-order chi connectivity index (χ1) is 13.8. The van der Waals surface area contributed by atoms with Gasteiger partial charge in [-0.3, -0.25) is 4.79 Å². The third-order valence-corrected chi connectivity index (χ3v) is 7.12. The first-order valence-electron chi connectivity index (χ1n) is 9.81. The number of carboxylic acid groups (broad SMARTS) is 1. The maximum absolute atomic E-state index is 10.5. The lowest BCUT2D eigenvalue weighted by Crippen LogP contribution is -2.20. The second-order valence-electron chi connectivity index (χ2n) is 7.43. The standard InChI is InChI=1S/C21H28Cl2O5S/c22-17-11-14(29-21(17)23)9-7-13(24)8-10-16-15(18(25)12-19(16)26)5-3-1-2-4-6-20(27)28/h1,3,8,10-11,13,15-16,18-19,24-26H,2,4-7,9,12H2,(H,27,28)/b3-1-,10-8+/t13?,15-,16-,18?,19?/m1/s1. The molecule has 162 valence electrons. The Morgan fingerprint density at radius 3 is 2.69 bits per heavy atom. The van der Waals surface area contributed by atoms with Crippen LogP contribution < -0.4 is 0 Å². The van der Waals surface area contributed by atoms with Gasteiger partial charge in [-0.15, -0.1) is 11.3 Å². The number of rotatable bonds is 11. The number of aliphatic hydroxyl groups is 3. The summed E-state index contributed by atoms with van der Waals surface area (Å²) in [5, 5.41) is 39.9. The number of aliphatic carboxylic acids is 1. The van der Waals surface area contributed by atoms with Crippen LogP contribution in [0.25, 0.3) is 0 Å². The molecular weight excluding hydrogens is 435 g/mol. The van der Waals surface area contributed by atoms with Crippen LogP contribution in [-0.4, -0.2) is 44.7 Å². The van der Waals surface area contributed by atoms with Crippen LogP contribution in [0.2, 0.25) is 9.36 Å². The number of aryl methyl sites for hydroxylation is 1. The van der Waals surface area contributed by atoms with Gasteiger partial charge in [-0.2, -0.15) is 0 Å². The number of carbonyl (C=O) groups is 1. The van der Waals surface area contributed by atoms with E-state index in [0.29, 0.717) is 47.9 Å². The molecule has 0 bridgehead atoms. The van der Waals surface area contributed by atoms with Gasteiger partial charge < -0.3 is 20.4 Å². The van der Waals surface area contributed by atoms with Crippen LogP contribution in [-0.2, 0) is 11.2 Å². The van der Waals surface area contributed by atoms with Crippen molar-refractivity contribution < 1.29 is 25.2 Å². The Kier molecular flexibility index (Phi) is 10.2. The highest BCUT2D eigenvalue weighted by molar-refractivity contribution is 7.16. The largest absolute Gasteiger partial charge is 0.481 e. The Morgan fingerprint density at radius 1 is 1.28 bits per heavy atom. The lowest BCUT2D eigenvalue weighted by atomic mass is 9.89. The molecule has 0 radical (unpaired) electrons. The maximum Gasteiger partial charge on any atom is 0.303 e. The molecule has 0 aromatic carbocycles. The Labute approximate surface area is 185 Å². The molecular formula is C21H28Cl2O5S. The smallest absolute Gasteiger partial charge is 0.303 e.